The molecule has 2 aromatic carbocycles. The van der Waals surface area contributed by atoms with Crippen molar-refractivity contribution in [3.8, 4) is 11.5 Å². The van der Waals surface area contributed by atoms with Gasteiger partial charge in [-0.15, -0.1) is 0 Å². The van der Waals surface area contributed by atoms with Gasteiger partial charge in [-0.2, -0.15) is 0 Å². The average Bonchev–Trinajstić information content (AvgIpc) is 2.77. The van der Waals surface area contributed by atoms with Crippen LogP contribution in [0.1, 0.15) is 10.4 Å². The second-order valence-electron chi connectivity index (χ2n) is 6.23. The van der Waals surface area contributed by atoms with Crippen molar-refractivity contribution in [2.45, 2.75) is 0 Å². The molecule has 2 rings (SSSR count). The van der Waals surface area contributed by atoms with Gasteiger partial charge in [-0.1, -0.05) is 0 Å². The molecule has 0 bridgehead atoms. The maximum atomic E-state index is 12.9. The molecule has 2 aromatic rings. The normalized spacial score (nSPS) is 10.2. The first-order valence-electron chi connectivity index (χ1n) is 9.33. The zero-order valence-electron chi connectivity index (χ0n) is 17.2. The van der Waals surface area contributed by atoms with Crippen LogP contribution in [-0.2, 0) is 14.3 Å². The van der Waals surface area contributed by atoms with Gasteiger partial charge in [0.25, 0.3) is 11.8 Å². The Morgan fingerprint density at radius 2 is 1.68 bits per heavy atom. The number of methoxy groups -OCH3 is 2. The molecule has 166 valence electrons. The fraction of sp³-hybridized carbons (Fsp3) is 0.286. The SMILES string of the molecule is COCCNC(=O)CNC(=O)c1ccc(OCC(=O)Nc2ccc(F)cc2)c(OC)c1. The van der Waals surface area contributed by atoms with Crippen LogP contribution in [0.5, 0.6) is 11.5 Å². The Balaban J connectivity index is 1.88. The summed E-state index contributed by atoms with van der Waals surface area (Å²) in [7, 11) is 2.92. The molecule has 0 heterocycles. The lowest BCUT2D eigenvalue weighted by Crippen LogP contribution is -2.38. The number of nitrogens with one attached hydrogen (secondary N) is 3. The summed E-state index contributed by atoms with van der Waals surface area (Å²) in [6.07, 6.45) is 0. The van der Waals surface area contributed by atoms with Crippen molar-refractivity contribution in [1.82, 2.24) is 10.6 Å². The number of hydrogen-bond donors (Lipinski definition) is 3. The molecule has 0 atom stereocenters. The van der Waals surface area contributed by atoms with E-state index in [1.54, 1.807) is 0 Å². The third kappa shape index (κ3) is 7.94. The third-order valence-corrected chi connectivity index (χ3v) is 3.95. The molecule has 10 heteroatoms. The summed E-state index contributed by atoms with van der Waals surface area (Å²) in [5.74, 6) is -1.17. The molecule has 0 saturated heterocycles. The van der Waals surface area contributed by atoms with Crippen LogP contribution in [0.25, 0.3) is 0 Å². The molecular formula is C21H24FN3O6. The summed E-state index contributed by atoms with van der Waals surface area (Å²) >= 11 is 0. The van der Waals surface area contributed by atoms with E-state index in [4.69, 9.17) is 14.2 Å². The summed E-state index contributed by atoms with van der Waals surface area (Å²) in [4.78, 5) is 35.9. The average molecular weight is 433 g/mol. The second-order valence-corrected chi connectivity index (χ2v) is 6.23. The number of rotatable bonds is 11. The predicted molar refractivity (Wildman–Crippen MR) is 111 cm³/mol. The van der Waals surface area contributed by atoms with Crippen LogP contribution < -0.4 is 25.4 Å². The number of amides is 3. The summed E-state index contributed by atoms with van der Waals surface area (Å²) in [6, 6.07) is 9.72. The molecule has 0 fully saturated rings. The molecule has 0 saturated carbocycles. The third-order valence-electron chi connectivity index (χ3n) is 3.95. The molecule has 3 amide bonds. The van der Waals surface area contributed by atoms with Crippen LogP contribution in [0.4, 0.5) is 10.1 Å². The van der Waals surface area contributed by atoms with Gasteiger partial charge in [0, 0.05) is 24.9 Å². The summed E-state index contributed by atoms with van der Waals surface area (Å²) < 4.78 is 28.4. The summed E-state index contributed by atoms with van der Waals surface area (Å²) in [6.45, 7) is 0.216. The zero-order valence-corrected chi connectivity index (χ0v) is 17.2. The Bertz CT molecular complexity index is 904. The molecule has 0 radical (unpaired) electrons. The van der Waals surface area contributed by atoms with Gasteiger partial charge in [-0.05, 0) is 42.5 Å². The minimum absolute atomic E-state index is 0.188. The monoisotopic (exact) mass is 433 g/mol. The first-order chi connectivity index (χ1) is 14.9. The lowest BCUT2D eigenvalue weighted by Gasteiger charge is -2.12. The first kappa shape index (κ1) is 23.6. The molecule has 0 aromatic heterocycles. The number of halogens is 1. The molecule has 9 nitrogen and oxygen atoms in total. The standard InChI is InChI=1S/C21H24FN3O6/c1-29-10-9-23-19(26)12-24-21(28)14-3-8-17(18(11-14)30-2)31-13-20(27)25-16-6-4-15(22)5-7-16/h3-8,11H,9-10,12-13H2,1-2H3,(H,23,26)(H,24,28)(H,25,27). The largest absolute Gasteiger partial charge is 0.493 e. The van der Waals surface area contributed by atoms with E-state index in [2.05, 4.69) is 16.0 Å². The van der Waals surface area contributed by atoms with Gasteiger partial charge < -0.3 is 30.2 Å². The molecule has 0 aliphatic rings. The number of carbonyl (C=O) groups excluding carboxylic acids is 3. The first-order valence-corrected chi connectivity index (χ1v) is 9.33. The van der Waals surface area contributed by atoms with E-state index in [-0.39, 0.29) is 36.1 Å². The van der Waals surface area contributed by atoms with E-state index in [0.717, 1.165) is 0 Å². The topological polar surface area (TPSA) is 115 Å². The maximum Gasteiger partial charge on any atom is 0.262 e. The predicted octanol–water partition coefficient (Wildman–Crippen LogP) is 1.34. The van der Waals surface area contributed by atoms with E-state index in [1.165, 1.54) is 56.7 Å². The quantitative estimate of drug-likeness (QED) is 0.461. The van der Waals surface area contributed by atoms with E-state index < -0.39 is 17.6 Å². The molecular weight excluding hydrogens is 409 g/mol. The van der Waals surface area contributed by atoms with Crippen molar-refractivity contribution >= 4 is 23.4 Å². The van der Waals surface area contributed by atoms with Crippen LogP contribution >= 0.6 is 0 Å². The number of benzene rings is 2. The molecule has 0 unspecified atom stereocenters. The zero-order chi connectivity index (χ0) is 22.6. The van der Waals surface area contributed by atoms with E-state index >= 15 is 0 Å². The smallest absolute Gasteiger partial charge is 0.262 e. The lowest BCUT2D eigenvalue weighted by atomic mass is 10.2. The van der Waals surface area contributed by atoms with Gasteiger partial charge in [0.2, 0.25) is 5.91 Å². The molecule has 0 aliphatic heterocycles. The fourth-order valence-electron chi connectivity index (χ4n) is 2.42. The Morgan fingerprint density at radius 1 is 0.935 bits per heavy atom. The number of hydrogen-bond acceptors (Lipinski definition) is 6. The maximum absolute atomic E-state index is 12.9. The van der Waals surface area contributed by atoms with Crippen molar-refractivity contribution in [3.05, 3.63) is 53.8 Å². The van der Waals surface area contributed by atoms with Crippen molar-refractivity contribution in [2.24, 2.45) is 0 Å². The highest BCUT2D eigenvalue weighted by Gasteiger charge is 2.13. The van der Waals surface area contributed by atoms with Crippen molar-refractivity contribution in [3.63, 3.8) is 0 Å². The minimum atomic E-state index is -0.471. The van der Waals surface area contributed by atoms with E-state index in [1.807, 2.05) is 0 Å². The van der Waals surface area contributed by atoms with Crippen molar-refractivity contribution in [2.75, 3.05) is 45.8 Å². The highest BCUT2D eigenvalue weighted by atomic mass is 19.1. The van der Waals surface area contributed by atoms with Gasteiger partial charge >= 0.3 is 0 Å². The van der Waals surface area contributed by atoms with Crippen LogP contribution in [-0.4, -0.2) is 58.2 Å². The van der Waals surface area contributed by atoms with Gasteiger partial charge in [0.05, 0.1) is 20.3 Å². The Morgan fingerprint density at radius 3 is 2.35 bits per heavy atom. The van der Waals surface area contributed by atoms with Gasteiger partial charge in [0.15, 0.2) is 18.1 Å². The van der Waals surface area contributed by atoms with Gasteiger partial charge in [-0.25, -0.2) is 4.39 Å². The van der Waals surface area contributed by atoms with Crippen molar-refractivity contribution < 1.29 is 33.0 Å². The highest BCUT2D eigenvalue weighted by Crippen LogP contribution is 2.28. The molecule has 31 heavy (non-hydrogen) atoms. The lowest BCUT2D eigenvalue weighted by molar-refractivity contribution is -0.120. The fourth-order valence-corrected chi connectivity index (χ4v) is 2.42. The highest BCUT2D eigenvalue weighted by molar-refractivity contribution is 5.97. The van der Waals surface area contributed by atoms with E-state index in [9.17, 15) is 18.8 Å². The van der Waals surface area contributed by atoms with Crippen molar-refractivity contribution in [1.29, 1.82) is 0 Å². The molecule has 0 spiro atoms. The minimum Gasteiger partial charge on any atom is -0.493 e. The Hall–Kier alpha value is -3.66. The second kappa shape index (κ2) is 12.1. The van der Waals surface area contributed by atoms with Gasteiger partial charge in [-0.3, -0.25) is 14.4 Å². The molecule has 3 N–H and O–H groups in total. The number of anilines is 1. The van der Waals surface area contributed by atoms with E-state index in [0.29, 0.717) is 18.8 Å². The summed E-state index contributed by atoms with van der Waals surface area (Å²) in [5, 5.41) is 7.66. The van der Waals surface area contributed by atoms with Crippen LogP contribution in [0.3, 0.4) is 0 Å². The number of ether oxygens (including phenoxy) is 3. The Labute approximate surface area is 178 Å². The Kier molecular flexibility index (Phi) is 9.24. The van der Waals surface area contributed by atoms with Crippen LogP contribution in [0, 0.1) is 5.82 Å². The van der Waals surface area contributed by atoms with Crippen LogP contribution in [0.2, 0.25) is 0 Å². The summed E-state index contributed by atoms with van der Waals surface area (Å²) in [5.41, 5.74) is 0.685. The number of carbonyl (C=O) groups is 3. The van der Waals surface area contributed by atoms with Crippen LogP contribution in [0.15, 0.2) is 42.5 Å². The van der Waals surface area contributed by atoms with Gasteiger partial charge in [0.1, 0.15) is 5.82 Å². The molecule has 0 aliphatic carbocycles.